The fraction of sp³-hybridized carbons (Fsp3) is 0.500. The number of ether oxygens (including phenoxy) is 1. The monoisotopic (exact) mass is 268 g/mol. The van der Waals surface area contributed by atoms with E-state index in [0.717, 1.165) is 0 Å². The molecule has 0 radical (unpaired) electrons. The van der Waals surface area contributed by atoms with E-state index in [-0.39, 0.29) is 17.8 Å². The summed E-state index contributed by atoms with van der Waals surface area (Å²) >= 11 is 0. The number of hydrogen-bond donors (Lipinski definition) is 2. The molecule has 1 rings (SSSR count). The van der Waals surface area contributed by atoms with Gasteiger partial charge < -0.3 is 15.4 Å². The second-order valence-corrected chi connectivity index (χ2v) is 4.32. The highest BCUT2D eigenvalue weighted by Crippen LogP contribution is 2.21. The molecule has 1 aromatic rings. The zero-order valence-electron chi connectivity index (χ0n) is 11.6. The summed E-state index contributed by atoms with van der Waals surface area (Å²) in [5, 5.41) is 5.53. The van der Waals surface area contributed by atoms with Crippen LogP contribution in [-0.4, -0.2) is 26.6 Å². The van der Waals surface area contributed by atoms with Crippen molar-refractivity contribution < 1.29 is 13.9 Å². The first-order valence-electron chi connectivity index (χ1n) is 6.38. The SMILES string of the molecule is CNC(=O)CCCOc1ccc(C(C)NC)c(F)c1. The molecule has 2 N–H and O–H groups in total. The van der Waals surface area contributed by atoms with Gasteiger partial charge in [-0.2, -0.15) is 0 Å². The minimum Gasteiger partial charge on any atom is -0.493 e. The Labute approximate surface area is 113 Å². The Hall–Kier alpha value is -1.62. The van der Waals surface area contributed by atoms with Gasteiger partial charge in [0.2, 0.25) is 5.91 Å². The van der Waals surface area contributed by atoms with Crippen molar-refractivity contribution in [3.8, 4) is 5.75 Å². The predicted molar refractivity (Wildman–Crippen MR) is 72.7 cm³/mol. The lowest BCUT2D eigenvalue weighted by atomic mass is 10.1. The normalized spacial score (nSPS) is 12.0. The summed E-state index contributed by atoms with van der Waals surface area (Å²) in [5.74, 6) is 0.181. The minimum atomic E-state index is -0.286. The van der Waals surface area contributed by atoms with Crippen molar-refractivity contribution in [2.75, 3.05) is 20.7 Å². The van der Waals surface area contributed by atoms with Gasteiger partial charge in [0.05, 0.1) is 6.61 Å². The molecule has 1 atom stereocenters. The van der Waals surface area contributed by atoms with Crippen molar-refractivity contribution in [2.24, 2.45) is 0 Å². The highest BCUT2D eigenvalue weighted by atomic mass is 19.1. The Kier molecular flexibility index (Phi) is 6.29. The molecule has 4 nitrogen and oxygen atoms in total. The first kappa shape index (κ1) is 15.4. The van der Waals surface area contributed by atoms with E-state index in [4.69, 9.17) is 4.74 Å². The van der Waals surface area contributed by atoms with Gasteiger partial charge in [-0.3, -0.25) is 4.79 Å². The molecule has 0 saturated heterocycles. The first-order valence-corrected chi connectivity index (χ1v) is 6.38. The molecule has 0 fully saturated rings. The fourth-order valence-electron chi connectivity index (χ4n) is 1.65. The van der Waals surface area contributed by atoms with Crippen molar-refractivity contribution in [1.29, 1.82) is 0 Å². The number of carbonyl (C=O) groups excluding carboxylic acids is 1. The van der Waals surface area contributed by atoms with Crippen LogP contribution in [0.5, 0.6) is 5.75 Å². The molecule has 106 valence electrons. The Morgan fingerprint density at radius 2 is 2.16 bits per heavy atom. The van der Waals surface area contributed by atoms with Gasteiger partial charge in [0.15, 0.2) is 0 Å². The van der Waals surface area contributed by atoms with E-state index in [9.17, 15) is 9.18 Å². The lowest BCUT2D eigenvalue weighted by molar-refractivity contribution is -0.120. The molecule has 0 aliphatic rings. The number of halogens is 1. The van der Waals surface area contributed by atoms with Crippen LogP contribution in [0.25, 0.3) is 0 Å². The molecular formula is C14H21FN2O2. The van der Waals surface area contributed by atoms with Crippen LogP contribution in [0, 0.1) is 5.82 Å². The topological polar surface area (TPSA) is 50.4 Å². The molecule has 0 spiro atoms. The maximum absolute atomic E-state index is 13.8. The van der Waals surface area contributed by atoms with E-state index < -0.39 is 0 Å². The summed E-state index contributed by atoms with van der Waals surface area (Å²) in [6, 6.07) is 4.79. The average molecular weight is 268 g/mol. The molecule has 0 heterocycles. The summed E-state index contributed by atoms with van der Waals surface area (Å²) < 4.78 is 19.2. The smallest absolute Gasteiger partial charge is 0.219 e. The molecule has 1 aromatic carbocycles. The van der Waals surface area contributed by atoms with Crippen molar-refractivity contribution >= 4 is 5.91 Å². The third-order valence-electron chi connectivity index (χ3n) is 2.97. The van der Waals surface area contributed by atoms with Crippen molar-refractivity contribution in [1.82, 2.24) is 10.6 Å². The minimum absolute atomic E-state index is 0.0204. The number of carbonyl (C=O) groups is 1. The van der Waals surface area contributed by atoms with Crippen LogP contribution in [0.3, 0.4) is 0 Å². The standard InChI is InChI=1S/C14H21FN2O2/c1-10(16-2)12-7-6-11(9-13(12)15)19-8-4-5-14(18)17-3/h6-7,9-10,16H,4-5,8H2,1-3H3,(H,17,18). The van der Waals surface area contributed by atoms with Crippen molar-refractivity contribution in [3.05, 3.63) is 29.6 Å². The van der Waals surface area contributed by atoms with E-state index in [2.05, 4.69) is 10.6 Å². The van der Waals surface area contributed by atoms with E-state index in [1.165, 1.54) is 6.07 Å². The zero-order chi connectivity index (χ0) is 14.3. The molecule has 19 heavy (non-hydrogen) atoms. The van der Waals surface area contributed by atoms with Crippen molar-refractivity contribution in [3.63, 3.8) is 0 Å². The van der Waals surface area contributed by atoms with Gasteiger partial charge in [-0.05, 0) is 26.5 Å². The predicted octanol–water partition coefficient (Wildman–Crippen LogP) is 2.01. The van der Waals surface area contributed by atoms with Crippen LogP contribution in [0.2, 0.25) is 0 Å². The summed E-state index contributed by atoms with van der Waals surface area (Å²) in [5.41, 5.74) is 0.611. The Bertz CT molecular complexity index is 424. The summed E-state index contributed by atoms with van der Waals surface area (Å²) in [6.45, 7) is 2.29. The number of amides is 1. The van der Waals surface area contributed by atoms with Crippen LogP contribution in [0.15, 0.2) is 18.2 Å². The summed E-state index contributed by atoms with van der Waals surface area (Å²) in [4.78, 5) is 11.0. The van der Waals surface area contributed by atoms with Crippen LogP contribution >= 0.6 is 0 Å². The van der Waals surface area contributed by atoms with Gasteiger partial charge in [-0.25, -0.2) is 4.39 Å². The van der Waals surface area contributed by atoms with Gasteiger partial charge in [0.1, 0.15) is 11.6 Å². The van der Waals surface area contributed by atoms with E-state index in [1.54, 1.807) is 26.2 Å². The van der Waals surface area contributed by atoms with Gasteiger partial charge >= 0.3 is 0 Å². The van der Waals surface area contributed by atoms with Crippen LogP contribution in [0.4, 0.5) is 4.39 Å². The number of benzene rings is 1. The molecule has 1 amide bonds. The maximum Gasteiger partial charge on any atom is 0.219 e. The molecule has 0 saturated carbocycles. The van der Waals surface area contributed by atoms with Crippen molar-refractivity contribution in [2.45, 2.75) is 25.8 Å². The van der Waals surface area contributed by atoms with E-state index >= 15 is 0 Å². The number of rotatable bonds is 7. The molecule has 0 bridgehead atoms. The Morgan fingerprint density at radius 1 is 1.42 bits per heavy atom. The van der Waals surface area contributed by atoms with Gasteiger partial charge in [-0.1, -0.05) is 6.07 Å². The Morgan fingerprint density at radius 3 is 2.74 bits per heavy atom. The van der Waals surface area contributed by atoms with Gasteiger partial charge in [-0.15, -0.1) is 0 Å². The van der Waals surface area contributed by atoms with Crippen LogP contribution < -0.4 is 15.4 Å². The average Bonchev–Trinajstić information content (AvgIpc) is 2.42. The Balaban J connectivity index is 2.48. The third-order valence-corrected chi connectivity index (χ3v) is 2.97. The first-order chi connectivity index (χ1) is 9.08. The van der Waals surface area contributed by atoms with E-state index in [0.29, 0.717) is 30.8 Å². The molecule has 0 aromatic heterocycles. The number of nitrogens with one attached hydrogen (secondary N) is 2. The molecule has 0 aliphatic heterocycles. The lowest BCUT2D eigenvalue weighted by Gasteiger charge is -2.13. The van der Waals surface area contributed by atoms with E-state index in [1.807, 2.05) is 6.92 Å². The highest BCUT2D eigenvalue weighted by molar-refractivity contribution is 5.75. The number of hydrogen-bond acceptors (Lipinski definition) is 3. The molecular weight excluding hydrogens is 247 g/mol. The molecule has 5 heteroatoms. The maximum atomic E-state index is 13.8. The summed E-state index contributed by atoms with van der Waals surface area (Å²) in [7, 11) is 3.38. The fourth-order valence-corrected chi connectivity index (χ4v) is 1.65. The third kappa shape index (κ3) is 4.87. The summed E-state index contributed by atoms with van der Waals surface area (Å²) in [6.07, 6.45) is 1.02. The molecule has 1 unspecified atom stereocenters. The van der Waals surface area contributed by atoms with Crippen LogP contribution in [0.1, 0.15) is 31.4 Å². The van der Waals surface area contributed by atoms with Gasteiger partial charge in [0.25, 0.3) is 0 Å². The van der Waals surface area contributed by atoms with Crippen LogP contribution in [-0.2, 0) is 4.79 Å². The largest absolute Gasteiger partial charge is 0.493 e. The zero-order valence-corrected chi connectivity index (χ0v) is 11.6. The lowest BCUT2D eigenvalue weighted by Crippen LogP contribution is -2.18. The second-order valence-electron chi connectivity index (χ2n) is 4.32. The second kappa shape index (κ2) is 7.74. The highest BCUT2D eigenvalue weighted by Gasteiger charge is 2.10. The quantitative estimate of drug-likeness (QED) is 0.744. The van der Waals surface area contributed by atoms with Gasteiger partial charge in [0, 0.05) is 31.1 Å². The molecule has 0 aliphatic carbocycles.